The molecule has 0 aliphatic carbocycles. The Balaban J connectivity index is 0.00000220. The van der Waals surface area contributed by atoms with Gasteiger partial charge in [0.05, 0.1) is 0 Å². The number of rotatable bonds is 4. The Kier molecular flexibility index (Phi) is 7.20. The number of benzene rings is 1. The summed E-state index contributed by atoms with van der Waals surface area (Å²) in [6, 6.07) is 6.62. The highest BCUT2D eigenvalue weighted by Gasteiger charge is 2.19. The van der Waals surface area contributed by atoms with Gasteiger partial charge >= 0.3 is 5.97 Å². The maximum absolute atomic E-state index is 10.8. The number of halogens is 1. The van der Waals surface area contributed by atoms with E-state index in [0.29, 0.717) is 12.3 Å². The van der Waals surface area contributed by atoms with Gasteiger partial charge < -0.3 is 5.11 Å². The lowest BCUT2D eigenvalue weighted by molar-refractivity contribution is -0.138. The van der Waals surface area contributed by atoms with Crippen molar-refractivity contribution in [3.05, 3.63) is 34.9 Å². The van der Waals surface area contributed by atoms with Gasteiger partial charge in [-0.2, -0.15) is 0 Å². The summed E-state index contributed by atoms with van der Waals surface area (Å²) >= 11 is 0. The molecule has 1 heterocycles. The molecule has 21 heavy (non-hydrogen) atoms. The van der Waals surface area contributed by atoms with Gasteiger partial charge in [-0.05, 0) is 63.2 Å². The third-order valence-corrected chi connectivity index (χ3v) is 4.30. The van der Waals surface area contributed by atoms with Gasteiger partial charge in [0.25, 0.3) is 0 Å². The standard InChI is InChI=1S/C17H25NO2.ClH/c1-13-5-6-14(2)16(10-13)12-18-8-3-4-15(7-9-18)11-17(19)20;/h5-6,10,15H,3-4,7-9,11-12H2,1-2H3,(H,19,20);1H. The van der Waals surface area contributed by atoms with Crippen LogP contribution in [0.3, 0.4) is 0 Å². The van der Waals surface area contributed by atoms with Crippen molar-refractivity contribution in [1.29, 1.82) is 0 Å². The second kappa shape index (κ2) is 8.40. The molecular formula is C17H26ClNO2. The van der Waals surface area contributed by atoms with Crippen LogP contribution in [0.15, 0.2) is 18.2 Å². The van der Waals surface area contributed by atoms with Gasteiger partial charge in [-0.3, -0.25) is 9.69 Å². The number of likely N-dealkylation sites (tertiary alicyclic amines) is 1. The topological polar surface area (TPSA) is 40.5 Å². The average Bonchev–Trinajstić information content (AvgIpc) is 2.59. The van der Waals surface area contributed by atoms with Crippen molar-refractivity contribution in [3.8, 4) is 0 Å². The second-order valence-corrected chi connectivity index (χ2v) is 6.10. The zero-order valence-electron chi connectivity index (χ0n) is 13.0. The van der Waals surface area contributed by atoms with E-state index in [1.165, 1.54) is 16.7 Å². The van der Waals surface area contributed by atoms with Crippen molar-refractivity contribution < 1.29 is 9.90 Å². The minimum Gasteiger partial charge on any atom is -0.481 e. The van der Waals surface area contributed by atoms with E-state index in [-0.39, 0.29) is 12.4 Å². The molecule has 1 atom stereocenters. The predicted molar refractivity (Wildman–Crippen MR) is 88.0 cm³/mol. The van der Waals surface area contributed by atoms with E-state index >= 15 is 0 Å². The van der Waals surface area contributed by atoms with E-state index in [2.05, 4.69) is 36.9 Å². The fraction of sp³-hybridized carbons (Fsp3) is 0.588. The van der Waals surface area contributed by atoms with Crippen LogP contribution in [0.4, 0.5) is 0 Å². The van der Waals surface area contributed by atoms with Gasteiger partial charge in [0, 0.05) is 13.0 Å². The molecule has 118 valence electrons. The molecule has 0 spiro atoms. The van der Waals surface area contributed by atoms with Gasteiger partial charge in [-0.25, -0.2) is 0 Å². The zero-order valence-corrected chi connectivity index (χ0v) is 13.8. The number of carboxylic acid groups (broad SMARTS) is 1. The lowest BCUT2D eigenvalue weighted by Gasteiger charge is -2.21. The van der Waals surface area contributed by atoms with E-state index in [1.807, 2.05) is 0 Å². The Morgan fingerprint density at radius 1 is 1.29 bits per heavy atom. The summed E-state index contributed by atoms with van der Waals surface area (Å²) in [5.41, 5.74) is 4.06. The van der Waals surface area contributed by atoms with E-state index in [0.717, 1.165) is 38.9 Å². The largest absolute Gasteiger partial charge is 0.481 e. The maximum Gasteiger partial charge on any atom is 0.303 e. The first-order valence-corrected chi connectivity index (χ1v) is 7.55. The zero-order chi connectivity index (χ0) is 14.5. The van der Waals surface area contributed by atoms with Crippen molar-refractivity contribution in [3.63, 3.8) is 0 Å². The van der Waals surface area contributed by atoms with Crippen LogP contribution in [0.2, 0.25) is 0 Å². The molecule has 0 bridgehead atoms. The Hall–Kier alpha value is -1.06. The van der Waals surface area contributed by atoms with Crippen molar-refractivity contribution >= 4 is 18.4 Å². The number of aliphatic carboxylic acids is 1. The molecule has 2 rings (SSSR count). The average molecular weight is 312 g/mol. The SMILES string of the molecule is Cc1ccc(C)c(CN2CCCC(CC(=O)O)CC2)c1.Cl. The molecule has 3 nitrogen and oxygen atoms in total. The van der Waals surface area contributed by atoms with Gasteiger partial charge in [-0.15, -0.1) is 12.4 Å². The van der Waals surface area contributed by atoms with E-state index < -0.39 is 5.97 Å². The molecule has 4 heteroatoms. The van der Waals surface area contributed by atoms with Crippen LogP contribution in [0, 0.1) is 19.8 Å². The number of hydrogen-bond donors (Lipinski definition) is 1. The third-order valence-electron chi connectivity index (χ3n) is 4.30. The molecule has 0 aromatic heterocycles. The van der Waals surface area contributed by atoms with E-state index in [4.69, 9.17) is 5.11 Å². The van der Waals surface area contributed by atoms with E-state index in [9.17, 15) is 4.79 Å². The second-order valence-electron chi connectivity index (χ2n) is 6.10. The fourth-order valence-electron chi connectivity index (χ4n) is 3.05. The summed E-state index contributed by atoms with van der Waals surface area (Å²) in [5, 5.41) is 8.91. The summed E-state index contributed by atoms with van der Waals surface area (Å²) in [6.07, 6.45) is 3.51. The number of nitrogens with zero attached hydrogens (tertiary/aromatic N) is 1. The Labute approximate surface area is 133 Å². The monoisotopic (exact) mass is 311 g/mol. The van der Waals surface area contributed by atoms with Crippen LogP contribution in [-0.4, -0.2) is 29.1 Å². The summed E-state index contributed by atoms with van der Waals surface area (Å²) in [7, 11) is 0. The first-order chi connectivity index (χ1) is 9.54. The van der Waals surface area contributed by atoms with Crippen molar-refractivity contribution in [1.82, 2.24) is 4.90 Å². The fourth-order valence-corrected chi connectivity index (χ4v) is 3.05. The van der Waals surface area contributed by atoms with Crippen molar-refractivity contribution in [2.45, 2.75) is 46.1 Å². The van der Waals surface area contributed by atoms with Crippen LogP contribution in [-0.2, 0) is 11.3 Å². The number of hydrogen-bond acceptors (Lipinski definition) is 2. The molecular weight excluding hydrogens is 286 g/mol. The van der Waals surface area contributed by atoms with Gasteiger partial charge in [0.1, 0.15) is 0 Å². The highest BCUT2D eigenvalue weighted by molar-refractivity contribution is 5.85. The van der Waals surface area contributed by atoms with Crippen LogP contribution in [0.1, 0.15) is 42.4 Å². The first kappa shape index (κ1) is 18.0. The summed E-state index contributed by atoms with van der Waals surface area (Å²) in [5.74, 6) is -0.297. The summed E-state index contributed by atoms with van der Waals surface area (Å²) in [4.78, 5) is 13.3. The van der Waals surface area contributed by atoms with Crippen LogP contribution >= 0.6 is 12.4 Å². The Bertz CT molecular complexity index is 476. The molecule has 0 saturated carbocycles. The maximum atomic E-state index is 10.8. The predicted octanol–water partition coefficient (Wildman–Crippen LogP) is 3.80. The van der Waals surface area contributed by atoms with Crippen LogP contribution in [0.25, 0.3) is 0 Å². The van der Waals surface area contributed by atoms with E-state index in [1.54, 1.807) is 0 Å². The van der Waals surface area contributed by atoms with Crippen molar-refractivity contribution in [2.24, 2.45) is 5.92 Å². The molecule has 1 aliphatic rings. The van der Waals surface area contributed by atoms with Gasteiger partial charge in [0.2, 0.25) is 0 Å². The number of carboxylic acids is 1. The molecule has 1 unspecified atom stereocenters. The van der Waals surface area contributed by atoms with Crippen LogP contribution in [0.5, 0.6) is 0 Å². The highest BCUT2D eigenvalue weighted by Crippen LogP contribution is 2.22. The molecule has 0 amide bonds. The first-order valence-electron chi connectivity index (χ1n) is 7.55. The smallest absolute Gasteiger partial charge is 0.303 e. The van der Waals surface area contributed by atoms with Crippen LogP contribution < -0.4 is 0 Å². The highest BCUT2D eigenvalue weighted by atomic mass is 35.5. The normalized spacial score (nSPS) is 19.6. The minimum atomic E-state index is -0.655. The Morgan fingerprint density at radius 3 is 2.76 bits per heavy atom. The molecule has 1 aromatic rings. The quantitative estimate of drug-likeness (QED) is 0.919. The minimum absolute atomic E-state index is 0. The molecule has 0 radical (unpaired) electrons. The lowest BCUT2D eigenvalue weighted by Crippen LogP contribution is -2.24. The molecule has 1 aromatic carbocycles. The summed E-state index contributed by atoms with van der Waals surface area (Å²) in [6.45, 7) is 7.40. The molecule has 1 N–H and O–H groups in total. The summed E-state index contributed by atoms with van der Waals surface area (Å²) < 4.78 is 0. The molecule has 1 fully saturated rings. The van der Waals surface area contributed by atoms with Gasteiger partial charge in [-0.1, -0.05) is 23.8 Å². The number of carbonyl (C=O) groups is 1. The van der Waals surface area contributed by atoms with Crippen molar-refractivity contribution in [2.75, 3.05) is 13.1 Å². The van der Waals surface area contributed by atoms with Gasteiger partial charge in [0.15, 0.2) is 0 Å². The molecule has 1 aliphatic heterocycles. The lowest BCUT2D eigenvalue weighted by atomic mass is 9.97. The third kappa shape index (κ3) is 5.68. The molecule has 1 saturated heterocycles. The number of aryl methyl sites for hydroxylation is 2. The Morgan fingerprint density at radius 2 is 2.05 bits per heavy atom.